The van der Waals surface area contributed by atoms with Crippen molar-refractivity contribution < 1.29 is 8.78 Å². The van der Waals surface area contributed by atoms with E-state index in [1.54, 1.807) is 13.8 Å². The largest absolute Gasteiger partial charge is 0.327 e. The van der Waals surface area contributed by atoms with E-state index in [1.165, 1.54) is 0 Å². The number of halogens is 2. The molecule has 0 aromatic carbocycles. The molecule has 0 aliphatic heterocycles. The molecule has 0 heterocycles. The van der Waals surface area contributed by atoms with Gasteiger partial charge in [0.2, 0.25) is 6.43 Å². The molecule has 0 spiro atoms. The molecule has 1 saturated carbocycles. The Hall–Kier alpha value is -0.180. The molecule has 2 N–H and O–H groups in total. The van der Waals surface area contributed by atoms with E-state index in [2.05, 4.69) is 0 Å². The Bertz CT molecular complexity index is 122. The predicted molar refractivity (Wildman–Crippen MR) is 31.3 cm³/mol. The molecule has 1 aliphatic rings. The smallest absolute Gasteiger partial charge is 0.243 e. The van der Waals surface area contributed by atoms with E-state index in [-0.39, 0.29) is 11.5 Å². The molecule has 1 fully saturated rings. The lowest BCUT2D eigenvalue weighted by molar-refractivity contribution is 0.107. The first-order valence-corrected chi connectivity index (χ1v) is 3.01. The molecule has 0 unspecified atom stereocenters. The Morgan fingerprint density at radius 1 is 1.44 bits per heavy atom. The van der Waals surface area contributed by atoms with Gasteiger partial charge < -0.3 is 5.73 Å². The van der Waals surface area contributed by atoms with Crippen molar-refractivity contribution in [1.82, 2.24) is 0 Å². The molecule has 0 saturated heterocycles. The van der Waals surface area contributed by atoms with Gasteiger partial charge in [-0.15, -0.1) is 0 Å². The minimum atomic E-state index is -2.24. The molecule has 0 radical (unpaired) electrons. The highest BCUT2D eigenvalue weighted by Gasteiger charge is 2.60. The van der Waals surface area contributed by atoms with Gasteiger partial charge in [0.25, 0.3) is 0 Å². The van der Waals surface area contributed by atoms with Crippen molar-refractivity contribution in [2.45, 2.75) is 26.3 Å². The summed E-state index contributed by atoms with van der Waals surface area (Å²) in [5.74, 6) is -0.572. The molecule has 3 heteroatoms. The average molecular weight is 135 g/mol. The van der Waals surface area contributed by atoms with Gasteiger partial charge >= 0.3 is 0 Å². The zero-order chi connectivity index (χ0) is 7.23. The molecule has 1 aliphatic carbocycles. The second-order valence-corrected chi connectivity index (χ2v) is 3.21. The molecule has 1 rings (SSSR count). The lowest BCUT2D eigenvalue weighted by atomic mass is 10.1. The standard InChI is InChI=1S/C6H11F2N/c1-6(2)3(4(6)9)5(7)8/h3-5H,9H2,1-2H3/t3-,4+/m1/s1. The van der Waals surface area contributed by atoms with E-state index in [9.17, 15) is 8.78 Å². The monoisotopic (exact) mass is 135 g/mol. The maximum atomic E-state index is 11.9. The maximum absolute atomic E-state index is 11.9. The second-order valence-electron chi connectivity index (χ2n) is 3.21. The average Bonchev–Trinajstić information content (AvgIpc) is 2.07. The summed E-state index contributed by atoms with van der Waals surface area (Å²) in [7, 11) is 0. The highest BCUT2D eigenvalue weighted by atomic mass is 19.3. The van der Waals surface area contributed by atoms with Crippen LogP contribution in [0.1, 0.15) is 13.8 Å². The van der Waals surface area contributed by atoms with Crippen molar-refractivity contribution in [2.24, 2.45) is 17.1 Å². The summed E-state index contributed by atoms with van der Waals surface area (Å²) in [6.45, 7) is 3.54. The fourth-order valence-corrected chi connectivity index (χ4v) is 1.20. The van der Waals surface area contributed by atoms with E-state index in [4.69, 9.17) is 5.73 Å². The van der Waals surface area contributed by atoms with Crippen molar-refractivity contribution in [3.8, 4) is 0 Å². The van der Waals surface area contributed by atoms with Gasteiger partial charge in [0.05, 0.1) is 0 Å². The van der Waals surface area contributed by atoms with Crippen molar-refractivity contribution >= 4 is 0 Å². The molecule has 0 amide bonds. The Labute approximate surface area is 53.2 Å². The van der Waals surface area contributed by atoms with E-state index in [0.717, 1.165) is 0 Å². The van der Waals surface area contributed by atoms with Gasteiger partial charge in [-0.1, -0.05) is 13.8 Å². The van der Waals surface area contributed by atoms with Crippen LogP contribution in [-0.2, 0) is 0 Å². The third-order valence-electron chi connectivity index (χ3n) is 2.27. The number of rotatable bonds is 1. The lowest BCUT2D eigenvalue weighted by Gasteiger charge is -1.98. The quantitative estimate of drug-likeness (QED) is 0.575. The number of alkyl halides is 2. The predicted octanol–water partition coefficient (Wildman–Crippen LogP) is 1.23. The van der Waals surface area contributed by atoms with Crippen molar-refractivity contribution in [3.63, 3.8) is 0 Å². The molecular weight excluding hydrogens is 124 g/mol. The first-order chi connectivity index (χ1) is 3.98. The van der Waals surface area contributed by atoms with Crippen LogP contribution >= 0.6 is 0 Å². The summed E-state index contributed by atoms with van der Waals surface area (Å²) in [5.41, 5.74) is 5.04. The van der Waals surface area contributed by atoms with Crippen LogP contribution < -0.4 is 5.73 Å². The van der Waals surface area contributed by atoms with Crippen LogP contribution in [0.2, 0.25) is 0 Å². The summed E-state index contributed by atoms with van der Waals surface area (Å²) in [5, 5.41) is 0. The Kier molecular flexibility index (Phi) is 1.28. The molecular formula is C6H11F2N. The van der Waals surface area contributed by atoms with Crippen molar-refractivity contribution in [2.75, 3.05) is 0 Å². The fraction of sp³-hybridized carbons (Fsp3) is 1.00. The topological polar surface area (TPSA) is 26.0 Å². The van der Waals surface area contributed by atoms with Crippen LogP contribution in [0, 0.1) is 11.3 Å². The summed E-state index contributed by atoms with van der Waals surface area (Å²) in [6.07, 6.45) is -2.24. The summed E-state index contributed by atoms with van der Waals surface area (Å²) < 4.78 is 23.8. The molecule has 54 valence electrons. The van der Waals surface area contributed by atoms with Gasteiger partial charge in [-0.25, -0.2) is 8.78 Å². The molecule has 1 nitrogen and oxygen atoms in total. The number of nitrogens with two attached hydrogens (primary N) is 1. The van der Waals surface area contributed by atoms with Crippen LogP contribution in [0.5, 0.6) is 0 Å². The molecule has 0 bridgehead atoms. The van der Waals surface area contributed by atoms with Gasteiger partial charge in [0, 0.05) is 12.0 Å². The van der Waals surface area contributed by atoms with Crippen LogP contribution in [0.3, 0.4) is 0 Å². The van der Waals surface area contributed by atoms with Crippen LogP contribution in [0.4, 0.5) is 8.78 Å². The van der Waals surface area contributed by atoms with Crippen molar-refractivity contribution in [3.05, 3.63) is 0 Å². The van der Waals surface area contributed by atoms with Gasteiger partial charge in [-0.05, 0) is 5.41 Å². The Balaban J connectivity index is 2.52. The summed E-state index contributed by atoms with van der Waals surface area (Å²) >= 11 is 0. The number of hydrogen-bond acceptors (Lipinski definition) is 1. The third-order valence-corrected chi connectivity index (χ3v) is 2.27. The first kappa shape index (κ1) is 6.93. The minimum Gasteiger partial charge on any atom is -0.327 e. The third kappa shape index (κ3) is 0.834. The van der Waals surface area contributed by atoms with E-state index in [1.807, 2.05) is 0 Å². The van der Waals surface area contributed by atoms with Gasteiger partial charge in [0.15, 0.2) is 0 Å². The fourth-order valence-electron chi connectivity index (χ4n) is 1.20. The normalized spacial score (nSPS) is 39.3. The molecule has 9 heavy (non-hydrogen) atoms. The second kappa shape index (κ2) is 1.66. The SMILES string of the molecule is CC1(C)[C@@H](N)[C@@H]1C(F)F. The first-order valence-electron chi connectivity index (χ1n) is 3.01. The van der Waals surface area contributed by atoms with Crippen molar-refractivity contribution in [1.29, 1.82) is 0 Å². The number of hydrogen-bond donors (Lipinski definition) is 1. The summed E-state index contributed by atoms with van der Waals surface area (Å²) in [6, 6.07) is -0.294. The van der Waals surface area contributed by atoms with E-state index < -0.39 is 12.3 Å². The Morgan fingerprint density at radius 3 is 1.78 bits per heavy atom. The van der Waals surface area contributed by atoms with Crippen LogP contribution in [-0.4, -0.2) is 12.5 Å². The van der Waals surface area contributed by atoms with Gasteiger partial charge in [0.1, 0.15) is 0 Å². The highest BCUT2D eigenvalue weighted by Crippen LogP contribution is 2.53. The zero-order valence-corrected chi connectivity index (χ0v) is 5.57. The molecule has 2 atom stereocenters. The minimum absolute atomic E-state index is 0.294. The molecule has 0 aromatic heterocycles. The maximum Gasteiger partial charge on any atom is 0.243 e. The highest BCUT2D eigenvalue weighted by molar-refractivity contribution is 5.09. The van der Waals surface area contributed by atoms with E-state index >= 15 is 0 Å². The van der Waals surface area contributed by atoms with E-state index in [0.29, 0.717) is 0 Å². The zero-order valence-electron chi connectivity index (χ0n) is 5.57. The van der Waals surface area contributed by atoms with Crippen LogP contribution in [0.25, 0.3) is 0 Å². The lowest BCUT2D eigenvalue weighted by Crippen LogP contribution is -2.08. The molecule has 0 aromatic rings. The van der Waals surface area contributed by atoms with Gasteiger partial charge in [-0.3, -0.25) is 0 Å². The van der Waals surface area contributed by atoms with Crippen LogP contribution in [0.15, 0.2) is 0 Å². The summed E-state index contributed by atoms with van der Waals surface area (Å²) in [4.78, 5) is 0. The Morgan fingerprint density at radius 2 is 1.78 bits per heavy atom. The van der Waals surface area contributed by atoms with Gasteiger partial charge in [-0.2, -0.15) is 0 Å².